The van der Waals surface area contributed by atoms with Crippen molar-refractivity contribution in [1.29, 1.82) is 0 Å². The summed E-state index contributed by atoms with van der Waals surface area (Å²) in [6.07, 6.45) is 6.45. The molecule has 1 saturated heterocycles. The number of hydrogen-bond donors (Lipinski definition) is 3. The molecule has 0 saturated carbocycles. The number of carbonyl (C=O) groups excluding carboxylic acids is 1. The SMILES string of the molecule is O=C(NC[C@@H]1CCNC1)C1=CN(c2ncnc3[nH]ccc23)CCS1. The molecule has 24 heavy (non-hydrogen) atoms. The third kappa shape index (κ3) is 3.11. The molecular formula is C16H20N6OS. The highest BCUT2D eigenvalue weighted by atomic mass is 32.2. The molecule has 2 aromatic rings. The Morgan fingerprint density at radius 2 is 2.42 bits per heavy atom. The van der Waals surface area contributed by atoms with E-state index in [1.165, 1.54) is 0 Å². The van der Waals surface area contributed by atoms with E-state index in [9.17, 15) is 4.79 Å². The van der Waals surface area contributed by atoms with Crippen LogP contribution in [0.4, 0.5) is 5.82 Å². The highest BCUT2D eigenvalue weighted by Gasteiger charge is 2.22. The highest BCUT2D eigenvalue weighted by molar-refractivity contribution is 8.04. The van der Waals surface area contributed by atoms with E-state index in [4.69, 9.17) is 0 Å². The van der Waals surface area contributed by atoms with E-state index in [1.807, 2.05) is 23.4 Å². The normalized spacial score (nSPS) is 21.1. The van der Waals surface area contributed by atoms with Crippen LogP contribution >= 0.6 is 11.8 Å². The molecule has 2 aromatic heterocycles. The number of H-pyrrole nitrogens is 1. The maximum atomic E-state index is 12.5. The molecular weight excluding hydrogens is 324 g/mol. The van der Waals surface area contributed by atoms with Crippen molar-refractivity contribution in [2.75, 3.05) is 36.8 Å². The number of thioether (sulfide) groups is 1. The topological polar surface area (TPSA) is 85.9 Å². The van der Waals surface area contributed by atoms with Crippen molar-refractivity contribution < 1.29 is 4.79 Å². The number of aromatic nitrogens is 3. The maximum absolute atomic E-state index is 12.5. The predicted molar refractivity (Wildman–Crippen MR) is 95.8 cm³/mol. The van der Waals surface area contributed by atoms with Gasteiger partial charge in [-0.1, -0.05) is 0 Å². The second kappa shape index (κ2) is 6.82. The second-order valence-electron chi connectivity index (χ2n) is 6.04. The summed E-state index contributed by atoms with van der Waals surface area (Å²) in [6, 6.07) is 1.97. The van der Waals surface area contributed by atoms with E-state index >= 15 is 0 Å². The molecule has 1 amide bonds. The third-order valence-electron chi connectivity index (χ3n) is 4.41. The first kappa shape index (κ1) is 15.5. The van der Waals surface area contributed by atoms with Crippen LogP contribution in [0.5, 0.6) is 0 Å². The molecule has 4 rings (SSSR count). The molecule has 1 fully saturated rings. The van der Waals surface area contributed by atoms with Gasteiger partial charge in [-0.05, 0) is 31.5 Å². The van der Waals surface area contributed by atoms with Gasteiger partial charge >= 0.3 is 0 Å². The molecule has 0 aliphatic carbocycles. The van der Waals surface area contributed by atoms with Crippen molar-refractivity contribution in [2.45, 2.75) is 6.42 Å². The van der Waals surface area contributed by atoms with Gasteiger partial charge in [0.2, 0.25) is 0 Å². The molecule has 1 atom stereocenters. The van der Waals surface area contributed by atoms with Gasteiger partial charge in [0, 0.05) is 31.2 Å². The standard InChI is InChI=1S/C16H20N6OS/c23-16(19-8-11-1-3-17-7-11)13-9-22(5-6-24-13)15-12-2-4-18-14(12)20-10-21-15/h2,4,9-11,17H,1,3,5-8H2,(H,19,23)(H,18,20,21)/t11-/m1/s1. The summed E-state index contributed by atoms with van der Waals surface area (Å²) in [5.74, 6) is 2.25. The monoisotopic (exact) mass is 344 g/mol. The van der Waals surface area contributed by atoms with Crippen LogP contribution in [0.2, 0.25) is 0 Å². The first-order valence-corrected chi connectivity index (χ1v) is 9.18. The van der Waals surface area contributed by atoms with Crippen LogP contribution in [0.25, 0.3) is 11.0 Å². The number of amides is 1. The number of rotatable bonds is 4. The Morgan fingerprint density at radius 1 is 1.46 bits per heavy atom. The average Bonchev–Trinajstić information content (AvgIpc) is 3.30. The van der Waals surface area contributed by atoms with Crippen molar-refractivity contribution in [2.24, 2.45) is 5.92 Å². The van der Waals surface area contributed by atoms with Crippen molar-refractivity contribution >= 4 is 34.5 Å². The molecule has 2 aliphatic heterocycles. The van der Waals surface area contributed by atoms with Gasteiger partial charge in [0.25, 0.3) is 5.91 Å². The van der Waals surface area contributed by atoms with Crippen molar-refractivity contribution in [3.8, 4) is 0 Å². The van der Waals surface area contributed by atoms with Crippen LogP contribution in [0, 0.1) is 5.92 Å². The zero-order valence-electron chi connectivity index (χ0n) is 13.3. The number of hydrogen-bond acceptors (Lipinski definition) is 6. The largest absolute Gasteiger partial charge is 0.351 e. The second-order valence-corrected chi connectivity index (χ2v) is 7.18. The highest BCUT2D eigenvalue weighted by Crippen LogP contribution is 2.28. The Bertz CT molecular complexity index is 767. The van der Waals surface area contributed by atoms with Crippen molar-refractivity contribution in [3.05, 3.63) is 29.7 Å². The van der Waals surface area contributed by atoms with Crippen LogP contribution in [0.1, 0.15) is 6.42 Å². The fourth-order valence-corrected chi connectivity index (χ4v) is 4.00. The van der Waals surface area contributed by atoms with E-state index in [0.717, 1.165) is 60.1 Å². The molecule has 0 spiro atoms. The van der Waals surface area contributed by atoms with Gasteiger partial charge in [-0.2, -0.15) is 0 Å². The predicted octanol–water partition coefficient (Wildman–Crippen LogP) is 1.08. The van der Waals surface area contributed by atoms with Crippen molar-refractivity contribution in [3.63, 3.8) is 0 Å². The summed E-state index contributed by atoms with van der Waals surface area (Å²) in [5, 5.41) is 7.36. The van der Waals surface area contributed by atoms with Crippen LogP contribution in [-0.2, 0) is 4.79 Å². The fourth-order valence-electron chi connectivity index (χ4n) is 3.09. The first-order chi connectivity index (χ1) is 11.8. The fraction of sp³-hybridized carbons (Fsp3) is 0.438. The molecule has 0 unspecified atom stereocenters. The molecule has 3 N–H and O–H groups in total. The lowest BCUT2D eigenvalue weighted by atomic mass is 10.1. The minimum Gasteiger partial charge on any atom is -0.351 e. The van der Waals surface area contributed by atoms with E-state index in [1.54, 1.807) is 18.1 Å². The van der Waals surface area contributed by atoms with E-state index in [-0.39, 0.29) is 5.91 Å². The molecule has 8 heteroatoms. The number of anilines is 1. The van der Waals surface area contributed by atoms with Gasteiger partial charge in [-0.3, -0.25) is 4.79 Å². The average molecular weight is 344 g/mol. The number of aromatic amines is 1. The van der Waals surface area contributed by atoms with Gasteiger partial charge in [0.05, 0.1) is 10.3 Å². The van der Waals surface area contributed by atoms with Crippen LogP contribution < -0.4 is 15.5 Å². The van der Waals surface area contributed by atoms with Crippen LogP contribution in [0.15, 0.2) is 29.7 Å². The molecule has 4 heterocycles. The lowest BCUT2D eigenvalue weighted by molar-refractivity contribution is -0.117. The summed E-state index contributed by atoms with van der Waals surface area (Å²) in [7, 11) is 0. The number of carbonyl (C=O) groups is 1. The Labute approximate surface area is 144 Å². The Hall–Kier alpha value is -2.06. The van der Waals surface area contributed by atoms with Gasteiger partial charge in [-0.15, -0.1) is 11.8 Å². The lowest BCUT2D eigenvalue weighted by Crippen LogP contribution is -2.34. The third-order valence-corrected chi connectivity index (χ3v) is 5.39. The van der Waals surface area contributed by atoms with Gasteiger partial charge < -0.3 is 20.5 Å². The Morgan fingerprint density at radius 3 is 3.29 bits per heavy atom. The zero-order chi connectivity index (χ0) is 16.4. The smallest absolute Gasteiger partial charge is 0.259 e. The summed E-state index contributed by atoms with van der Waals surface area (Å²) in [4.78, 5) is 27.0. The summed E-state index contributed by atoms with van der Waals surface area (Å²) >= 11 is 1.60. The van der Waals surface area contributed by atoms with Crippen LogP contribution in [-0.4, -0.2) is 52.8 Å². The molecule has 0 aromatic carbocycles. The van der Waals surface area contributed by atoms with E-state index in [0.29, 0.717) is 5.92 Å². The molecule has 0 bridgehead atoms. The zero-order valence-corrected chi connectivity index (χ0v) is 14.1. The summed E-state index contributed by atoms with van der Waals surface area (Å²) in [6.45, 7) is 3.60. The molecule has 7 nitrogen and oxygen atoms in total. The van der Waals surface area contributed by atoms with E-state index in [2.05, 4.69) is 25.6 Å². The minimum atomic E-state index is 0.0102. The first-order valence-electron chi connectivity index (χ1n) is 8.19. The van der Waals surface area contributed by atoms with E-state index < -0.39 is 0 Å². The maximum Gasteiger partial charge on any atom is 0.259 e. The molecule has 2 aliphatic rings. The van der Waals surface area contributed by atoms with Gasteiger partial charge in [0.1, 0.15) is 17.8 Å². The summed E-state index contributed by atoms with van der Waals surface area (Å²) < 4.78 is 0. The van der Waals surface area contributed by atoms with Gasteiger partial charge in [-0.25, -0.2) is 9.97 Å². The van der Waals surface area contributed by atoms with Crippen molar-refractivity contribution in [1.82, 2.24) is 25.6 Å². The number of nitrogens with zero attached hydrogens (tertiary/aromatic N) is 3. The molecule has 0 radical (unpaired) electrons. The molecule has 126 valence electrons. The number of fused-ring (bicyclic) bond motifs is 1. The Kier molecular flexibility index (Phi) is 4.40. The number of nitrogens with one attached hydrogen (secondary N) is 3. The minimum absolute atomic E-state index is 0.0102. The quantitative estimate of drug-likeness (QED) is 0.769. The lowest BCUT2D eigenvalue weighted by Gasteiger charge is -2.25. The summed E-state index contributed by atoms with van der Waals surface area (Å²) in [5.41, 5.74) is 0.811. The van der Waals surface area contributed by atoms with Crippen LogP contribution in [0.3, 0.4) is 0 Å². The Balaban J connectivity index is 1.50. The van der Waals surface area contributed by atoms with Gasteiger partial charge in [0.15, 0.2) is 0 Å².